The predicted octanol–water partition coefficient (Wildman–Crippen LogP) is 4.75. The summed E-state index contributed by atoms with van der Waals surface area (Å²) in [6.45, 7) is 13.5. The van der Waals surface area contributed by atoms with Gasteiger partial charge >= 0.3 is 5.97 Å². The van der Waals surface area contributed by atoms with E-state index in [9.17, 15) is 9.90 Å². The Bertz CT molecular complexity index is 599. The maximum atomic E-state index is 11.7. The maximum Gasteiger partial charge on any atom is 0.338 e. The van der Waals surface area contributed by atoms with Gasteiger partial charge in [0, 0.05) is 5.56 Å². The molecule has 1 aromatic carbocycles. The van der Waals surface area contributed by atoms with Gasteiger partial charge in [-0.05, 0) is 34.8 Å². The quantitative estimate of drug-likeness (QED) is 0.492. The van der Waals surface area contributed by atoms with Crippen LogP contribution in [0.2, 0.25) is 16.6 Å². The molecule has 0 bridgehead atoms. The molecule has 3 nitrogen and oxygen atoms in total. The molecule has 0 aliphatic carbocycles. The normalized spacial score (nSPS) is 11.6. The summed E-state index contributed by atoms with van der Waals surface area (Å²) < 4.78 is 4.72. The van der Waals surface area contributed by atoms with Gasteiger partial charge in [-0.2, -0.15) is 0 Å². The number of carbonyl (C=O) groups is 1. The molecule has 0 spiro atoms. The summed E-state index contributed by atoms with van der Waals surface area (Å²) in [6, 6.07) is 4.67. The predicted molar refractivity (Wildman–Crippen MR) is 97.4 cm³/mol. The summed E-state index contributed by atoms with van der Waals surface area (Å²) in [6.07, 6.45) is 0. The molecule has 0 unspecified atom stereocenters. The lowest BCUT2D eigenvalue weighted by Crippen LogP contribution is -2.43. The Hall–Kier alpha value is -1.73. The van der Waals surface area contributed by atoms with Crippen molar-refractivity contribution in [3.05, 3.63) is 29.3 Å². The van der Waals surface area contributed by atoms with E-state index in [0.717, 1.165) is 0 Å². The first-order valence-electron chi connectivity index (χ1n) is 8.10. The summed E-state index contributed by atoms with van der Waals surface area (Å²) in [5.41, 5.74) is 6.17. The van der Waals surface area contributed by atoms with Gasteiger partial charge in [0.05, 0.1) is 12.7 Å². The zero-order valence-corrected chi connectivity index (χ0v) is 16.2. The van der Waals surface area contributed by atoms with E-state index in [1.807, 2.05) is 0 Å². The standard InChI is InChI=1S/C19H28O3Si/c1-13(2)23(14(3)4,15(5)6)9-8-16-10-17(19(21)22-7)12-18(20)11-16/h10-15,20H,1-7H3. The number of aromatic hydroxyl groups is 1. The first kappa shape index (κ1) is 19.3. The number of phenols is 1. The fourth-order valence-corrected chi connectivity index (χ4v) is 8.76. The van der Waals surface area contributed by atoms with Gasteiger partial charge in [0.2, 0.25) is 0 Å². The van der Waals surface area contributed by atoms with Crippen molar-refractivity contribution >= 4 is 14.0 Å². The number of ether oxygens (including phenoxy) is 1. The molecule has 0 atom stereocenters. The van der Waals surface area contributed by atoms with Gasteiger partial charge in [0.15, 0.2) is 0 Å². The average Bonchev–Trinajstić information content (AvgIpc) is 2.45. The molecule has 0 aromatic heterocycles. The number of hydrogen-bond acceptors (Lipinski definition) is 3. The zero-order valence-electron chi connectivity index (χ0n) is 15.2. The van der Waals surface area contributed by atoms with Crippen LogP contribution in [0.1, 0.15) is 57.5 Å². The molecule has 1 rings (SSSR count). The highest BCUT2D eigenvalue weighted by molar-refractivity contribution is 6.90. The van der Waals surface area contributed by atoms with Crippen molar-refractivity contribution in [2.45, 2.75) is 58.2 Å². The van der Waals surface area contributed by atoms with E-state index >= 15 is 0 Å². The van der Waals surface area contributed by atoms with E-state index < -0.39 is 14.0 Å². The summed E-state index contributed by atoms with van der Waals surface area (Å²) in [4.78, 5) is 11.7. The van der Waals surface area contributed by atoms with Gasteiger partial charge in [-0.3, -0.25) is 0 Å². The van der Waals surface area contributed by atoms with Crippen LogP contribution in [0.25, 0.3) is 0 Å². The Morgan fingerprint density at radius 1 is 1.04 bits per heavy atom. The van der Waals surface area contributed by atoms with E-state index in [-0.39, 0.29) is 5.75 Å². The Morgan fingerprint density at radius 3 is 2.00 bits per heavy atom. The Morgan fingerprint density at radius 2 is 1.57 bits per heavy atom. The Balaban J connectivity index is 3.38. The van der Waals surface area contributed by atoms with Gasteiger partial charge in [-0.1, -0.05) is 47.5 Å². The minimum atomic E-state index is -1.84. The highest BCUT2D eigenvalue weighted by Gasteiger charge is 2.41. The molecule has 0 radical (unpaired) electrons. The van der Waals surface area contributed by atoms with Crippen molar-refractivity contribution in [3.63, 3.8) is 0 Å². The van der Waals surface area contributed by atoms with E-state index in [4.69, 9.17) is 4.74 Å². The number of benzene rings is 1. The molecule has 126 valence electrons. The highest BCUT2D eigenvalue weighted by Crippen LogP contribution is 2.40. The molecule has 0 saturated carbocycles. The van der Waals surface area contributed by atoms with Crippen molar-refractivity contribution in [1.29, 1.82) is 0 Å². The second-order valence-electron chi connectivity index (χ2n) is 6.91. The fourth-order valence-electron chi connectivity index (χ4n) is 3.53. The lowest BCUT2D eigenvalue weighted by Gasteiger charge is -2.38. The maximum absolute atomic E-state index is 11.7. The molecule has 4 heteroatoms. The lowest BCUT2D eigenvalue weighted by molar-refractivity contribution is 0.0600. The monoisotopic (exact) mass is 332 g/mol. The Kier molecular flexibility index (Phi) is 6.46. The number of phenolic OH excluding ortho intramolecular Hbond substituents is 1. The van der Waals surface area contributed by atoms with Gasteiger partial charge in [-0.25, -0.2) is 4.79 Å². The molecule has 0 amide bonds. The number of esters is 1. The van der Waals surface area contributed by atoms with Gasteiger partial charge in [0.1, 0.15) is 13.8 Å². The van der Waals surface area contributed by atoms with Crippen LogP contribution in [0, 0.1) is 11.5 Å². The van der Waals surface area contributed by atoms with Crippen molar-refractivity contribution in [2.75, 3.05) is 7.11 Å². The molecule has 1 N–H and O–H groups in total. The summed E-state index contributed by atoms with van der Waals surface area (Å²) >= 11 is 0. The van der Waals surface area contributed by atoms with E-state index in [1.165, 1.54) is 13.2 Å². The smallest absolute Gasteiger partial charge is 0.338 e. The molecule has 1 aromatic rings. The second-order valence-corrected chi connectivity index (χ2v) is 12.5. The van der Waals surface area contributed by atoms with E-state index in [0.29, 0.717) is 27.8 Å². The van der Waals surface area contributed by atoms with Gasteiger partial charge in [-0.15, -0.1) is 5.54 Å². The highest BCUT2D eigenvalue weighted by atomic mass is 28.3. The SMILES string of the molecule is COC(=O)c1cc(O)cc(C#C[Si](C(C)C)(C(C)C)C(C)C)c1. The third-order valence-corrected chi connectivity index (χ3v) is 10.9. The van der Waals surface area contributed by atoms with Crippen molar-refractivity contribution in [3.8, 4) is 17.2 Å². The van der Waals surface area contributed by atoms with E-state index in [1.54, 1.807) is 12.1 Å². The minimum absolute atomic E-state index is 0.0307. The van der Waals surface area contributed by atoms with Crippen molar-refractivity contribution < 1.29 is 14.6 Å². The molecule has 23 heavy (non-hydrogen) atoms. The van der Waals surface area contributed by atoms with Crippen LogP contribution in [-0.2, 0) is 4.74 Å². The lowest BCUT2D eigenvalue weighted by atomic mass is 10.1. The summed E-state index contributed by atoms with van der Waals surface area (Å²) in [5.74, 6) is 2.80. The topological polar surface area (TPSA) is 46.5 Å². The third kappa shape index (κ3) is 4.17. The van der Waals surface area contributed by atoms with Gasteiger partial charge in [0.25, 0.3) is 0 Å². The second kappa shape index (κ2) is 7.70. The zero-order chi connectivity index (χ0) is 17.8. The number of rotatable bonds is 4. The average molecular weight is 333 g/mol. The van der Waals surface area contributed by atoms with Crippen LogP contribution in [0.3, 0.4) is 0 Å². The molecular formula is C19H28O3Si. The first-order chi connectivity index (χ1) is 10.6. The van der Waals surface area contributed by atoms with Gasteiger partial charge < -0.3 is 9.84 Å². The largest absolute Gasteiger partial charge is 0.508 e. The molecule has 0 saturated heterocycles. The molecule has 0 aliphatic heterocycles. The van der Waals surface area contributed by atoms with Crippen molar-refractivity contribution in [1.82, 2.24) is 0 Å². The number of carbonyl (C=O) groups excluding carboxylic acids is 1. The number of methoxy groups -OCH3 is 1. The van der Waals surface area contributed by atoms with Crippen LogP contribution < -0.4 is 0 Å². The molecule has 0 heterocycles. The van der Waals surface area contributed by atoms with Crippen molar-refractivity contribution in [2.24, 2.45) is 0 Å². The van der Waals surface area contributed by atoms with Crippen LogP contribution >= 0.6 is 0 Å². The fraction of sp³-hybridized carbons (Fsp3) is 0.526. The molecular weight excluding hydrogens is 304 g/mol. The summed E-state index contributed by atoms with van der Waals surface area (Å²) in [7, 11) is -0.514. The summed E-state index contributed by atoms with van der Waals surface area (Å²) in [5, 5.41) is 9.83. The first-order valence-corrected chi connectivity index (χ1v) is 10.3. The minimum Gasteiger partial charge on any atom is -0.508 e. The van der Waals surface area contributed by atoms with E-state index in [2.05, 4.69) is 53.0 Å². The van der Waals surface area contributed by atoms with Crippen LogP contribution in [0.15, 0.2) is 18.2 Å². The third-order valence-electron chi connectivity index (χ3n) is 4.63. The van der Waals surface area contributed by atoms with Crippen LogP contribution in [0.5, 0.6) is 5.75 Å². The molecule has 0 fully saturated rings. The Labute approximate surface area is 141 Å². The van der Waals surface area contributed by atoms with Crippen LogP contribution in [0.4, 0.5) is 0 Å². The number of hydrogen-bond donors (Lipinski definition) is 1. The molecule has 0 aliphatic rings. The van der Waals surface area contributed by atoms with Crippen LogP contribution in [-0.4, -0.2) is 26.3 Å².